The van der Waals surface area contributed by atoms with Crippen molar-refractivity contribution >= 4 is 9.84 Å². The van der Waals surface area contributed by atoms with Crippen LogP contribution in [0.15, 0.2) is 18.2 Å². The lowest BCUT2D eigenvalue weighted by Gasteiger charge is -2.27. The van der Waals surface area contributed by atoms with Crippen LogP contribution in [-0.2, 0) is 9.84 Å². The Morgan fingerprint density at radius 3 is 2.79 bits per heavy atom. The number of methoxy groups -OCH3 is 1. The summed E-state index contributed by atoms with van der Waals surface area (Å²) in [7, 11) is -1.94. The smallest absolute Gasteiger partial charge is 0.156 e. The number of aliphatic hydroxyl groups excluding tert-OH is 1. The third-order valence-electron chi connectivity index (χ3n) is 3.49. The van der Waals surface area contributed by atoms with Gasteiger partial charge in [0.2, 0.25) is 0 Å². The summed E-state index contributed by atoms with van der Waals surface area (Å²) >= 11 is 0. The topological polar surface area (TPSA) is 63.6 Å². The van der Waals surface area contributed by atoms with Gasteiger partial charge in [-0.25, -0.2) is 12.8 Å². The minimum atomic E-state index is -3.34. The molecule has 106 valence electrons. The molecule has 2 rings (SSSR count). The van der Waals surface area contributed by atoms with Crippen molar-refractivity contribution in [2.45, 2.75) is 30.6 Å². The van der Waals surface area contributed by atoms with Crippen molar-refractivity contribution in [3.8, 4) is 5.75 Å². The van der Waals surface area contributed by atoms with Crippen LogP contribution in [0.25, 0.3) is 0 Å². The molecule has 19 heavy (non-hydrogen) atoms. The molecule has 1 N–H and O–H groups in total. The predicted octanol–water partition coefficient (Wildman–Crippen LogP) is 1.83. The average molecular weight is 288 g/mol. The molecule has 2 unspecified atom stereocenters. The first-order valence-corrected chi connectivity index (χ1v) is 7.90. The SMILES string of the molecule is COc1ccc(F)cc1C(O)C1CCCCS1(=O)=O. The Morgan fingerprint density at radius 1 is 1.42 bits per heavy atom. The van der Waals surface area contributed by atoms with Crippen molar-refractivity contribution in [2.24, 2.45) is 0 Å². The van der Waals surface area contributed by atoms with Crippen molar-refractivity contribution in [3.63, 3.8) is 0 Å². The van der Waals surface area contributed by atoms with Crippen LogP contribution >= 0.6 is 0 Å². The highest BCUT2D eigenvalue weighted by molar-refractivity contribution is 7.92. The van der Waals surface area contributed by atoms with Gasteiger partial charge < -0.3 is 9.84 Å². The molecule has 0 saturated carbocycles. The van der Waals surface area contributed by atoms with Gasteiger partial charge in [0.05, 0.1) is 24.2 Å². The third kappa shape index (κ3) is 2.90. The summed E-state index contributed by atoms with van der Waals surface area (Å²) in [5.74, 6) is -0.149. The molecule has 1 aromatic carbocycles. The van der Waals surface area contributed by atoms with Crippen LogP contribution in [0.4, 0.5) is 4.39 Å². The van der Waals surface area contributed by atoms with Crippen molar-refractivity contribution in [3.05, 3.63) is 29.6 Å². The van der Waals surface area contributed by atoms with Crippen LogP contribution in [0.2, 0.25) is 0 Å². The molecule has 0 aromatic heterocycles. The molecule has 0 radical (unpaired) electrons. The van der Waals surface area contributed by atoms with Gasteiger partial charge in [0.15, 0.2) is 9.84 Å². The zero-order chi connectivity index (χ0) is 14.0. The molecule has 0 aliphatic carbocycles. The van der Waals surface area contributed by atoms with Gasteiger partial charge in [0.1, 0.15) is 11.6 Å². The molecule has 4 nitrogen and oxygen atoms in total. The highest BCUT2D eigenvalue weighted by Crippen LogP contribution is 2.35. The van der Waals surface area contributed by atoms with Crippen molar-refractivity contribution < 1.29 is 22.7 Å². The van der Waals surface area contributed by atoms with Gasteiger partial charge in [-0.15, -0.1) is 0 Å². The molecular formula is C13H17FO4S. The monoisotopic (exact) mass is 288 g/mol. The standard InChI is InChI=1S/C13H17FO4S/c1-18-11-6-5-9(14)8-10(11)13(15)12-4-2-3-7-19(12,16)17/h5-6,8,12-13,15H,2-4,7H2,1H3. The fourth-order valence-corrected chi connectivity index (χ4v) is 4.44. The number of rotatable bonds is 3. The second-order valence-electron chi connectivity index (χ2n) is 4.73. The fraction of sp³-hybridized carbons (Fsp3) is 0.538. The first-order valence-electron chi connectivity index (χ1n) is 6.19. The molecule has 1 aliphatic heterocycles. The number of ether oxygens (including phenoxy) is 1. The molecule has 2 atom stereocenters. The Bertz CT molecular complexity index is 556. The number of hydrogen-bond acceptors (Lipinski definition) is 4. The number of halogens is 1. The van der Waals surface area contributed by atoms with E-state index in [1.165, 1.54) is 19.2 Å². The van der Waals surface area contributed by atoms with Gasteiger partial charge in [-0.05, 0) is 31.0 Å². The summed E-state index contributed by atoms with van der Waals surface area (Å²) < 4.78 is 42.3. The summed E-state index contributed by atoms with van der Waals surface area (Å²) in [6.07, 6.45) is 0.504. The van der Waals surface area contributed by atoms with E-state index in [-0.39, 0.29) is 11.3 Å². The van der Waals surface area contributed by atoms with Crippen LogP contribution in [-0.4, -0.2) is 31.6 Å². The van der Waals surface area contributed by atoms with Crippen LogP contribution in [0.1, 0.15) is 30.9 Å². The van der Waals surface area contributed by atoms with E-state index >= 15 is 0 Å². The predicted molar refractivity (Wildman–Crippen MR) is 69.3 cm³/mol. The van der Waals surface area contributed by atoms with E-state index in [9.17, 15) is 17.9 Å². The van der Waals surface area contributed by atoms with E-state index in [0.717, 1.165) is 12.5 Å². The van der Waals surface area contributed by atoms with Crippen LogP contribution in [0, 0.1) is 5.82 Å². The molecule has 1 heterocycles. The molecule has 0 spiro atoms. The normalized spacial score (nSPS) is 23.8. The zero-order valence-electron chi connectivity index (χ0n) is 10.7. The van der Waals surface area contributed by atoms with Crippen molar-refractivity contribution in [1.29, 1.82) is 0 Å². The first-order chi connectivity index (χ1) is 8.95. The summed E-state index contributed by atoms with van der Waals surface area (Å²) in [5, 5.41) is 9.41. The highest BCUT2D eigenvalue weighted by Gasteiger charge is 2.36. The Balaban J connectivity index is 2.38. The molecule has 1 aliphatic rings. The van der Waals surface area contributed by atoms with E-state index in [2.05, 4.69) is 0 Å². The van der Waals surface area contributed by atoms with E-state index in [1.807, 2.05) is 0 Å². The highest BCUT2D eigenvalue weighted by atomic mass is 32.2. The van der Waals surface area contributed by atoms with Crippen molar-refractivity contribution in [1.82, 2.24) is 0 Å². The second-order valence-corrected chi connectivity index (χ2v) is 7.07. The van der Waals surface area contributed by atoms with E-state index < -0.39 is 27.0 Å². The summed E-state index contributed by atoms with van der Waals surface area (Å²) in [6.45, 7) is 0. The quantitative estimate of drug-likeness (QED) is 0.921. The number of aliphatic hydroxyl groups is 1. The molecule has 6 heteroatoms. The molecule has 1 fully saturated rings. The van der Waals surface area contributed by atoms with E-state index in [4.69, 9.17) is 4.74 Å². The average Bonchev–Trinajstić information content (AvgIpc) is 2.37. The first kappa shape index (κ1) is 14.3. The van der Waals surface area contributed by atoms with Gasteiger partial charge in [0, 0.05) is 5.56 Å². The lowest BCUT2D eigenvalue weighted by atomic mass is 10.0. The summed E-state index contributed by atoms with van der Waals surface area (Å²) in [6, 6.07) is 3.74. The Morgan fingerprint density at radius 2 is 2.16 bits per heavy atom. The van der Waals surface area contributed by atoms with E-state index in [1.54, 1.807) is 0 Å². The minimum absolute atomic E-state index is 0.0758. The van der Waals surface area contributed by atoms with Crippen molar-refractivity contribution in [2.75, 3.05) is 12.9 Å². The van der Waals surface area contributed by atoms with Crippen LogP contribution in [0.5, 0.6) is 5.75 Å². The van der Waals surface area contributed by atoms with Gasteiger partial charge in [-0.1, -0.05) is 6.42 Å². The van der Waals surface area contributed by atoms with Gasteiger partial charge in [0.25, 0.3) is 0 Å². The molecule has 0 amide bonds. The zero-order valence-corrected chi connectivity index (χ0v) is 11.5. The molecule has 1 aromatic rings. The lowest BCUT2D eigenvalue weighted by molar-refractivity contribution is 0.160. The number of hydrogen-bond donors (Lipinski definition) is 1. The Labute approximate surface area is 112 Å². The molecule has 0 bridgehead atoms. The summed E-state index contributed by atoms with van der Waals surface area (Å²) in [4.78, 5) is 0. The van der Waals surface area contributed by atoms with Crippen LogP contribution in [0.3, 0.4) is 0 Å². The number of benzene rings is 1. The third-order valence-corrected chi connectivity index (χ3v) is 5.77. The Kier molecular flexibility index (Phi) is 4.10. The summed E-state index contributed by atoms with van der Waals surface area (Å²) in [5.41, 5.74) is 0.193. The van der Waals surface area contributed by atoms with E-state index in [0.29, 0.717) is 18.6 Å². The molecular weight excluding hydrogens is 271 g/mol. The Hall–Kier alpha value is -1.14. The minimum Gasteiger partial charge on any atom is -0.496 e. The second kappa shape index (κ2) is 5.46. The maximum Gasteiger partial charge on any atom is 0.156 e. The lowest BCUT2D eigenvalue weighted by Crippen LogP contribution is -2.34. The van der Waals surface area contributed by atoms with Gasteiger partial charge >= 0.3 is 0 Å². The van der Waals surface area contributed by atoms with Crippen LogP contribution < -0.4 is 4.74 Å². The maximum atomic E-state index is 13.3. The molecule has 1 saturated heterocycles. The van der Waals surface area contributed by atoms with Gasteiger partial charge in [-0.3, -0.25) is 0 Å². The fourth-order valence-electron chi connectivity index (χ4n) is 2.47. The largest absolute Gasteiger partial charge is 0.496 e. The van der Waals surface area contributed by atoms with Gasteiger partial charge in [-0.2, -0.15) is 0 Å². The number of sulfone groups is 1. The maximum absolute atomic E-state index is 13.3.